The van der Waals surface area contributed by atoms with Gasteiger partial charge < -0.3 is 9.47 Å². The molecule has 0 aliphatic carbocycles. The molecule has 3 nitrogen and oxygen atoms in total. The van der Waals surface area contributed by atoms with Gasteiger partial charge in [0.2, 0.25) is 0 Å². The van der Waals surface area contributed by atoms with E-state index in [1.165, 1.54) is 0 Å². The van der Waals surface area contributed by atoms with Gasteiger partial charge >= 0.3 is 0 Å². The van der Waals surface area contributed by atoms with Crippen LogP contribution in [0.15, 0.2) is 24.5 Å². The first kappa shape index (κ1) is 9.16. The van der Waals surface area contributed by atoms with Gasteiger partial charge in [0.1, 0.15) is 0 Å². The van der Waals surface area contributed by atoms with Gasteiger partial charge in [0.15, 0.2) is 5.79 Å². The lowest BCUT2D eigenvalue weighted by Crippen LogP contribution is -2.26. The van der Waals surface area contributed by atoms with Crippen LogP contribution in [0.25, 0.3) is 0 Å². The summed E-state index contributed by atoms with van der Waals surface area (Å²) in [6, 6.07) is 3.74. The van der Waals surface area contributed by atoms with Crippen molar-refractivity contribution in [3.63, 3.8) is 0 Å². The van der Waals surface area contributed by atoms with Gasteiger partial charge in [-0.3, -0.25) is 4.98 Å². The summed E-state index contributed by atoms with van der Waals surface area (Å²) in [5.41, 5.74) is 0.961. The Hall–Kier alpha value is -0.930. The van der Waals surface area contributed by atoms with Crippen molar-refractivity contribution in [2.45, 2.75) is 12.7 Å². The largest absolute Gasteiger partial charge is 0.349 e. The number of hydrogen-bond acceptors (Lipinski definition) is 3. The van der Waals surface area contributed by atoms with Crippen molar-refractivity contribution in [2.75, 3.05) is 14.2 Å². The number of hydrogen-bond donors (Lipinski definition) is 0. The van der Waals surface area contributed by atoms with Gasteiger partial charge in [-0.15, -0.1) is 0 Å². The van der Waals surface area contributed by atoms with Crippen molar-refractivity contribution < 1.29 is 9.47 Å². The van der Waals surface area contributed by atoms with Crippen LogP contribution in [-0.4, -0.2) is 19.2 Å². The van der Waals surface area contributed by atoms with Crippen molar-refractivity contribution in [2.24, 2.45) is 0 Å². The second kappa shape index (κ2) is 3.65. The summed E-state index contributed by atoms with van der Waals surface area (Å²) < 4.78 is 10.4. The Morgan fingerprint density at radius 1 is 1.17 bits per heavy atom. The molecule has 1 aromatic heterocycles. The van der Waals surface area contributed by atoms with Gasteiger partial charge in [0.25, 0.3) is 0 Å². The molecule has 1 heterocycles. The molecule has 0 saturated heterocycles. The summed E-state index contributed by atoms with van der Waals surface area (Å²) in [5.74, 6) is -0.664. The molecule has 0 radical (unpaired) electrons. The minimum absolute atomic E-state index is 0.664. The molecular formula is C9H13NO2. The number of rotatable bonds is 3. The highest BCUT2D eigenvalue weighted by Gasteiger charge is 2.24. The van der Waals surface area contributed by atoms with Crippen molar-refractivity contribution in [1.82, 2.24) is 4.98 Å². The van der Waals surface area contributed by atoms with Crippen LogP contribution in [0.3, 0.4) is 0 Å². The Labute approximate surface area is 72.3 Å². The predicted octanol–water partition coefficient (Wildman–Crippen LogP) is 1.55. The van der Waals surface area contributed by atoms with Crippen LogP contribution >= 0.6 is 0 Å². The van der Waals surface area contributed by atoms with Gasteiger partial charge in [-0.2, -0.15) is 0 Å². The van der Waals surface area contributed by atoms with Gasteiger partial charge in [-0.05, 0) is 19.1 Å². The van der Waals surface area contributed by atoms with E-state index in [9.17, 15) is 0 Å². The van der Waals surface area contributed by atoms with E-state index >= 15 is 0 Å². The fraction of sp³-hybridized carbons (Fsp3) is 0.444. The third-order valence-electron chi connectivity index (χ3n) is 1.98. The summed E-state index contributed by atoms with van der Waals surface area (Å²) in [4.78, 5) is 3.92. The Morgan fingerprint density at radius 2 is 1.67 bits per heavy atom. The smallest absolute Gasteiger partial charge is 0.191 e. The lowest BCUT2D eigenvalue weighted by molar-refractivity contribution is -0.201. The first-order valence-electron chi connectivity index (χ1n) is 3.74. The topological polar surface area (TPSA) is 31.4 Å². The van der Waals surface area contributed by atoms with E-state index in [1.807, 2.05) is 19.1 Å². The Bertz CT molecular complexity index is 232. The van der Waals surface area contributed by atoms with Crippen molar-refractivity contribution in [3.05, 3.63) is 30.1 Å². The Kier molecular flexibility index (Phi) is 2.78. The highest BCUT2D eigenvalue weighted by molar-refractivity contribution is 5.15. The second-order valence-electron chi connectivity index (χ2n) is 2.59. The minimum Gasteiger partial charge on any atom is -0.349 e. The van der Waals surface area contributed by atoms with E-state index in [1.54, 1.807) is 26.6 Å². The molecule has 3 heteroatoms. The Morgan fingerprint density at radius 3 is 2.08 bits per heavy atom. The van der Waals surface area contributed by atoms with Gasteiger partial charge in [-0.25, -0.2) is 0 Å². The summed E-state index contributed by atoms with van der Waals surface area (Å²) in [6.45, 7) is 1.86. The molecule has 0 aliphatic heterocycles. The van der Waals surface area contributed by atoms with Crippen molar-refractivity contribution in [1.29, 1.82) is 0 Å². The molecule has 0 bridgehead atoms. The van der Waals surface area contributed by atoms with Crippen LogP contribution in [0.5, 0.6) is 0 Å². The molecule has 12 heavy (non-hydrogen) atoms. The molecule has 0 spiro atoms. The fourth-order valence-corrected chi connectivity index (χ4v) is 0.974. The van der Waals surface area contributed by atoms with Crippen LogP contribution < -0.4 is 0 Å². The number of aromatic nitrogens is 1. The van der Waals surface area contributed by atoms with Crippen LogP contribution in [0, 0.1) is 0 Å². The zero-order valence-electron chi connectivity index (χ0n) is 7.57. The molecule has 0 unspecified atom stereocenters. The van der Waals surface area contributed by atoms with Crippen molar-refractivity contribution >= 4 is 0 Å². The number of pyridine rings is 1. The minimum atomic E-state index is -0.664. The van der Waals surface area contributed by atoms with E-state index in [-0.39, 0.29) is 0 Å². The summed E-state index contributed by atoms with van der Waals surface area (Å²) in [6.07, 6.45) is 3.43. The third kappa shape index (κ3) is 1.62. The van der Waals surface area contributed by atoms with Gasteiger partial charge in [0.05, 0.1) is 0 Å². The number of methoxy groups -OCH3 is 2. The molecule has 66 valence electrons. The standard InChI is InChI=1S/C9H13NO2/c1-9(11-2,12-3)8-4-6-10-7-5-8/h4-7H,1-3H3. The van der Waals surface area contributed by atoms with E-state index in [2.05, 4.69) is 4.98 Å². The van der Waals surface area contributed by atoms with E-state index in [4.69, 9.17) is 9.47 Å². The molecule has 0 aliphatic rings. The predicted molar refractivity (Wildman–Crippen MR) is 45.6 cm³/mol. The lowest BCUT2D eigenvalue weighted by atomic mass is 10.1. The van der Waals surface area contributed by atoms with E-state index in [0.29, 0.717) is 0 Å². The maximum atomic E-state index is 5.22. The molecule has 0 amide bonds. The summed E-state index contributed by atoms with van der Waals surface area (Å²) >= 11 is 0. The van der Waals surface area contributed by atoms with Crippen LogP contribution in [0.1, 0.15) is 12.5 Å². The molecule has 0 N–H and O–H groups in total. The second-order valence-corrected chi connectivity index (χ2v) is 2.59. The fourth-order valence-electron chi connectivity index (χ4n) is 0.974. The van der Waals surface area contributed by atoms with Crippen LogP contribution in [0.2, 0.25) is 0 Å². The van der Waals surface area contributed by atoms with E-state index in [0.717, 1.165) is 5.56 Å². The van der Waals surface area contributed by atoms with Crippen LogP contribution in [0.4, 0.5) is 0 Å². The maximum absolute atomic E-state index is 5.22. The molecule has 0 aromatic carbocycles. The molecule has 1 aromatic rings. The van der Waals surface area contributed by atoms with Crippen molar-refractivity contribution in [3.8, 4) is 0 Å². The maximum Gasteiger partial charge on any atom is 0.191 e. The SMILES string of the molecule is COC(C)(OC)c1ccncc1. The highest BCUT2D eigenvalue weighted by atomic mass is 16.7. The Balaban J connectivity index is 2.95. The first-order valence-corrected chi connectivity index (χ1v) is 3.74. The third-order valence-corrected chi connectivity index (χ3v) is 1.98. The lowest BCUT2D eigenvalue weighted by Gasteiger charge is -2.26. The van der Waals surface area contributed by atoms with Gasteiger partial charge in [-0.1, -0.05) is 0 Å². The highest BCUT2D eigenvalue weighted by Crippen LogP contribution is 2.23. The zero-order chi connectivity index (χ0) is 9.03. The average molecular weight is 167 g/mol. The number of ether oxygens (including phenoxy) is 2. The zero-order valence-corrected chi connectivity index (χ0v) is 7.57. The first-order chi connectivity index (χ1) is 5.73. The van der Waals surface area contributed by atoms with Gasteiger partial charge in [0, 0.05) is 32.2 Å². The average Bonchev–Trinajstić information content (AvgIpc) is 2.18. The normalized spacial score (nSPS) is 11.6. The molecular weight excluding hydrogens is 154 g/mol. The van der Waals surface area contributed by atoms with E-state index < -0.39 is 5.79 Å². The van der Waals surface area contributed by atoms with Crippen LogP contribution in [-0.2, 0) is 15.3 Å². The number of nitrogens with zero attached hydrogens (tertiary/aromatic N) is 1. The molecule has 1 rings (SSSR count). The molecule has 0 fully saturated rings. The molecule has 0 saturated carbocycles. The molecule has 0 atom stereocenters. The summed E-state index contributed by atoms with van der Waals surface area (Å²) in [7, 11) is 3.23. The monoisotopic (exact) mass is 167 g/mol. The quantitative estimate of drug-likeness (QED) is 0.640. The summed E-state index contributed by atoms with van der Waals surface area (Å²) in [5, 5.41) is 0.